The Morgan fingerprint density at radius 2 is 1.95 bits per heavy atom. The van der Waals surface area contributed by atoms with E-state index < -0.39 is 11.9 Å². The van der Waals surface area contributed by atoms with E-state index in [-0.39, 0.29) is 11.7 Å². The maximum atomic E-state index is 11.5. The van der Waals surface area contributed by atoms with E-state index in [1.807, 2.05) is 32.0 Å². The van der Waals surface area contributed by atoms with E-state index in [1.54, 1.807) is 6.92 Å². The molecule has 0 spiro atoms. The minimum Gasteiger partial charge on any atom is -0.463 e. The van der Waals surface area contributed by atoms with E-state index in [2.05, 4.69) is 15.4 Å². The number of nitrogens with one attached hydrogen (secondary N) is 2. The quantitative estimate of drug-likeness (QED) is 0.507. The Morgan fingerprint density at radius 3 is 2.57 bits per heavy atom. The van der Waals surface area contributed by atoms with Crippen LogP contribution in [0.25, 0.3) is 0 Å². The van der Waals surface area contributed by atoms with E-state index in [0.717, 1.165) is 23.4 Å². The van der Waals surface area contributed by atoms with Crippen LogP contribution in [-0.4, -0.2) is 23.6 Å². The van der Waals surface area contributed by atoms with Crippen LogP contribution in [0, 0.1) is 13.8 Å². The van der Waals surface area contributed by atoms with Crippen LogP contribution < -0.4 is 10.6 Å². The first-order valence-corrected chi connectivity index (χ1v) is 6.87. The second kappa shape index (κ2) is 8.16. The molecule has 0 heterocycles. The molecule has 1 amide bonds. The van der Waals surface area contributed by atoms with E-state index in [9.17, 15) is 9.59 Å². The number of rotatable bonds is 4. The maximum Gasteiger partial charge on any atom is 0.330 e. The van der Waals surface area contributed by atoms with Gasteiger partial charge in [-0.05, 0) is 56.2 Å². The van der Waals surface area contributed by atoms with Gasteiger partial charge in [0.15, 0.2) is 5.11 Å². The highest BCUT2D eigenvalue weighted by molar-refractivity contribution is 7.80. The predicted octanol–water partition coefficient (Wildman–Crippen LogP) is 2.24. The molecule has 1 aromatic carbocycles. The molecule has 0 atom stereocenters. The summed E-state index contributed by atoms with van der Waals surface area (Å²) in [6.07, 6.45) is 2.13. The van der Waals surface area contributed by atoms with Gasteiger partial charge in [0.1, 0.15) is 0 Å². The van der Waals surface area contributed by atoms with Crippen molar-refractivity contribution in [3.8, 4) is 0 Å². The molecule has 0 fully saturated rings. The Morgan fingerprint density at radius 1 is 1.24 bits per heavy atom. The first-order valence-electron chi connectivity index (χ1n) is 6.46. The Bertz CT molecular complexity index is 582. The van der Waals surface area contributed by atoms with Gasteiger partial charge in [0.2, 0.25) is 5.91 Å². The molecule has 112 valence electrons. The fraction of sp³-hybridized carbons (Fsp3) is 0.267. The third kappa shape index (κ3) is 6.18. The summed E-state index contributed by atoms with van der Waals surface area (Å²) in [5.74, 6) is -1.06. The first-order chi connectivity index (χ1) is 9.92. The molecule has 0 radical (unpaired) electrons. The lowest BCUT2D eigenvalue weighted by Crippen LogP contribution is -2.33. The Labute approximate surface area is 129 Å². The first kappa shape index (κ1) is 16.8. The molecule has 0 aliphatic carbocycles. The van der Waals surface area contributed by atoms with E-state index in [1.165, 1.54) is 5.56 Å². The molecule has 0 saturated carbocycles. The van der Waals surface area contributed by atoms with Gasteiger partial charge >= 0.3 is 5.97 Å². The van der Waals surface area contributed by atoms with E-state index >= 15 is 0 Å². The number of thiocarbonyl (C=S) groups is 1. The van der Waals surface area contributed by atoms with Gasteiger partial charge in [-0.15, -0.1) is 0 Å². The average Bonchev–Trinajstić information content (AvgIpc) is 2.41. The van der Waals surface area contributed by atoms with Gasteiger partial charge in [-0.2, -0.15) is 0 Å². The zero-order valence-electron chi connectivity index (χ0n) is 12.2. The Hall–Kier alpha value is -2.21. The minimum atomic E-state index is -0.569. The summed E-state index contributed by atoms with van der Waals surface area (Å²) in [6.45, 7) is 5.95. The highest BCUT2D eigenvalue weighted by atomic mass is 32.1. The topological polar surface area (TPSA) is 67.4 Å². The summed E-state index contributed by atoms with van der Waals surface area (Å²) < 4.78 is 4.66. The zero-order valence-corrected chi connectivity index (χ0v) is 13.0. The maximum absolute atomic E-state index is 11.5. The smallest absolute Gasteiger partial charge is 0.330 e. The summed E-state index contributed by atoms with van der Waals surface area (Å²) >= 11 is 5.03. The van der Waals surface area contributed by atoms with E-state index in [4.69, 9.17) is 12.2 Å². The number of anilines is 1. The molecule has 21 heavy (non-hydrogen) atoms. The lowest BCUT2D eigenvalue weighted by atomic mass is 10.1. The van der Waals surface area contributed by atoms with Crippen molar-refractivity contribution in [1.29, 1.82) is 0 Å². The summed E-state index contributed by atoms with van der Waals surface area (Å²) in [5, 5.41) is 5.51. The molecule has 5 nitrogen and oxygen atoms in total. The third-order valence-corrected chi connectivity index (χ3v) is 2.86. The van der Waals surface area contributed by atoms with Crippen LogP contribution in [0.3, 0.4) is 0 Å². The van der Waals surface area contributed by atoms with Crippen LogP contribution in [0.5, 0.6) is 0 Å². The molecular formula is C15H18N2O3S. The van der Waals surface area contributed by atoms with Crippen molar-refractivity contribution in [3.63, 3.8) is 0 Å². The number of ether oxygens (including phenoxy) is 1. The third-order valence-electron chi connectivity index (χ3n) is 2.66. The average molecular weight is 306 g/mol. The van der Waals surface area contributed by atoms with Gasteiger partial charge in [0, 0.05) is 17.8 Å². The monoisotopic (exact) mass is 306 g/mol. The fourth-order valence-corrected chi connectivity index (χ4v) is 1.69. The second-order valence-corrected chi connectivity index (χ2v) is 4.74. The van der Waals surface area contributed by atoms with Crippen LogP contribution in [-0.2, 0) is 14.3 Å². The highest BCUT2D eigenvalue weighted by Crippen LogP contribution is 2.13. The van der Waals surface area contributed by atoms with Crippen molar-refractivity contribution in [2.24, 2.45) is 0 Å². The number of hydrogen-bond acceptors (Lipinski definition) is 4. The van der Waals surface area contributed by atoms with Crippen LogP contribution in [0.2, 0.25) is 0 Å². The number of hydrogen-bond donors (Lipinski definition) is 2. The Balaban J connectivity index is 2.51. The van der Waals surface area contributed by atoms with Gasteiger partial charge in [-0.1, -0.05) is 6.07 Å². The molecule has 0 aliphatic heterocycles. The highest BCUT2D eigenvalue weighted by Gasteiger charge is 2.03. The normalized spacial score (nSPS) is 10.2. The van der Waals surface area contributed by atoms with Crippen molar-refractivity contribution in [2.45, 2.75) is 20.8 Å². The van der Waals surface area contributed by atoms with Crippen LogP contribution >= 0.6 is 12.2 Å². The molecule has 0 aromatic heterocycles. The van der Waals surface area contributed by atoms with Gasteiger partial charge in [-0.25, -0.2) is 4.79 Å². The minimum absolute atomic E-state index is 0.164. The van der Waals surface area contributed by atoms with Crippen molar-refractivity contribution >= 4 is 34.9 Å². The molecule has 6 heteroatoms. The molecule has 0 bridgehead atoms. The molecular weight excluding hydrogens is 288 g/mol. The number of aryl methyl sites for hydroxylation is 2. The number of esters is 1. The fourth-order valence-electron chi connectivity index (χ4n) is 1.47. The summed E-state index contributed by atoms with van der Waals surface area (Å²) in [6, 6.07) is 5.76. The SMILES string of the molecule is CCOC(=O)C=CC(=O)NC(=S)Nc1ccc(C)c(C)c1. The standard InChI is InChI=1S/C15H18N2O3S/c1-4-20-14(19)8-7-13(18)17-15(21)16-12-6-5-10(2)11(3)9-12/h5-9H,4H2,1-3H3,(H2,16,17,18,21). The van der Waals surface area contributed by atoms with Crippen LogP contribution in [0.15, 0.2) is 30.4 Å². The number of carbonyl (C=O) groups excluding carboxylic acids is 2. The van der Waals surface area contributed by atoms with Crippen molar-refractivity contribution in [3.05, 3.63) is 41.5 Å². The van der Waals surface area contributed by atoms with Gasteiger partial charge in [0.25, 0.3) is 0 Å². The summed E-state index contributed by atoms with van der Waals surface area (Å²) in [7, 11) is 0. The second-order valence-electron chi connectivity index (χ2n) is 4.33. The zero-order chi connectivity index (χ0) is 15.8. The number of carbonyl (C=O) groups is 2. The Kier molecular flexibility index (Phi) is 6.55. The molecule has 0 saturated heterocycles. The van der Waals surface area contributed by atoms with Crippen molar-refractivity contribution in [1.82, 2.24) is 5.32 Å². The van der Waals surface area contributed by atoms with Crippen LogP contribution in [0.1, 0.15) is 18.1 Å². The van der Waals surface area contributed by atoms with E-state index in [0.29, 0.717) is 0 Å². The lowest BCUT2D eigenvalue weighted by Gasteiger charge is -2.09. The van der Waals surface area contributed by atoms with Crippen LogP contribution in [0.4, 0.5) is 5.69 Å². The van der Waals surface area contributed by atoms with Gasteiger partial charge < -0.3 is 10.1 Å². The summed E-state index contributed by atoms with van der Waals surface area (Å²) in [4.78, 5) is 22.6. The molecule has 1 aromatic rings. The molecule has 1 rings (SSSR count). The summed E-state index contributed by atoms with van der Waals surface area (Å²) in [5.41, 5.74) is 3.09. The molecule has 0 unspecified atom stereocenters. The molecule has 2 N–H and O–H groups in total. The predicted molar refractivity (Wildman–Crippen MR) is 86.1 cm³/mol. The van der Waals surface area contributed by atoms with Crippen molar-refractivity contribution < 1.29 is 14.3 Å². The largest absolute Gasteiger partial charge is 0.463 e. The number of benzene rings is 1. The van der Waals surface area contributed by atoms with Gasteiger partial charge in [-0.3, -0.25) is 10.1 Å². The lowest BCUT2D eigenvalue weighted by molar-refractivity contribution is -0.137. The van der Waals surface area contributed by atoms with Gasteiger partial charge in [0.05, 0.1) is 6.61 Å². The van der Waals surface area contributed by atoms with Crippen molar-refractivity contribution in [2.75, 3.05) is 11.9 Å². The number of amides is 1. The molecule has 0 aliphatic rings.